The maximum atomic E-state index is 12.7. The third kappa shape index (κ3) is 3.67. The number of aliphatic hydroxyl groups is 1. The summed E-state index contributed by atoms with van der Waals surface area (Å²) < 4.78 is 5.05. The molecule has 1 amide bonds. The summed E-state index contributed by atoms with van der Waals surface area (Å²) in [6.07, 6.45) is 0. The molecule has 140 valence electrons. The lowest BCUT2D eigenvalue weighted by Gasteiger charge is -2.25. The molecule has 3 rings (SSSR count). The van der Waals surface area contributed by atoms with Crippen molar-refractivity contribution in [1.82, 2.24) is 4.90 Å². The number of likely N-dealkylation sites (tertiary alicyclic amines) is 1. The highest BCUT2D eigenvalue weighted by atomic mass is 35.5. The van der Waals surface area contributed by atoms with Crippen LogP contribution in [0.2, 0.25) is 5.02 Å². The van der Waals surface area contributed by atoms with Crippen LogP contribution >= 0.6 is 11.6 Å². The zero-order chi connectivity index (χ0) is 19.6. The number of Topliss-reactive ketones (excluding diaryl/α,β-unsaturated/α-hetero) is 1. The summed E-state index contributed by atoms with van der Waals surface area (Å²) in [6.45, 7) is 0.423. The number of methoxy groups -OCH3 is 1. The molecule has 0 aliphatic carbocycles. The number of carbonyl (C=O) groups is 2. The number of rotatable bonds is 5. The van der Waals surface area contributed by atoms with Gasteiger partial charge in [-0.25, -0.2) is 0 Å². The SMILES string of the molecule is COCCN1C(=O)C(=O)/C(=C(\O)c2ccc(Cl)cc2)C1c1ccc(O)cc1. The number of amides is 1. The summed E-state index contributed by atoms with van der Waals surface area (Å²) in [4.78, 5) is 26.6. The smallest absolute Gasteiger partial charge is 0.295 e. The molecule has 1 atom stereocenters. The summed E-state index contributed by atoms with van der Waals surface area (Å²) >= 11 is 5.88. The number of nitrogens with zero attached hydrogens (tertiary/aromatic N) is 1. The Morgan fingerprint density at radius 1 is 1.11 bits per heavy atom. The summed E-state index contributed by atoms with van der Waals surface area (Å²) in [5, 5.41) is 20.8. The Hall–Kier alpha value is -2.83. The van der Waals surface area contributed by atoms with Crippen LogP contribution in [-0.2, 0) is 14.3 Å². The molecule has 1 saturated heterocycles. The molecule has 1 unspecified atom stereocenters. The maximum Gasteiger partial charge on any atom is 0.295 e. The monoisotopic (exact) mass is 387 g/mol. The molecule has 0 bridgehead atoms. The molecule has 2 aromatic rings. The highest BCUT2D eigenvalue weighted by molar-refractivity contribution is 6.46. The minimum Gasteiger partial charge on any atom is -0.508 e. The van der Waals surface area contributed by atoms with Crippen LogP contribution < -0.4 is 0 Å². The number of hydrogen-bond donors (Lipinski definition) is 2. The van der Waals surface area contributed by atoms with Crippen LogP contribution in [0.15, 0.2) is 54.1 Å². The number of phenols is 1. The van der Waals surface area contributed by atoms with Gasteiger partial charge in [0.15, 0.2) is 0 Å². The summed E-state index contributed by atoms with van der Waals surface area (Å²) in [7, 11) is 1.50. The molecule has 0 spiro atoms. The number of ketones is 1. The Labute approximate surface area is 161 Å². The normalized spacial score (nSPS) is 18.9. The van der Waals surface area contributed by atoms with Crippen LogP contribution in [0.5, 0.6) is 5.75 Å². The van der Waals surface area contributed by atoms with E-state index in [0.717, 1.165) is 0 Å². The zero-order valence-corrected chi connectivity index (χ0v) is 15.3. The minimum atomic E-state index is -0.781. The number of halogens is 1. The lowest BCUT2D eigenvalue weighted by molar-refractivity contribution is -0.140. The number of benzene rings is 2. The van der Waals surface area contributed by atoms with Crippen molar-refractivity contribution in [3.8, 4) is 5.75 Å². The molecule has 0 aromatic heterocycles. The molecular weight excluding hydrogens is 370 g/mol. The zero-order valence-electron chi connectivity index (χ0n) is 14.6. The standard InChI is InChI=1S/C20H18ClNO5/c1-27-11-10-22-17(12-4-8-15(23)9-5-12)16(19(25)20(22)26)18(24)13-2-6-14(21)7-3-13/h2-9,17,23-24H,10-11H2,1H3/b18-16-. The molecule has 0 radical (unpaired) electrons. The lowest BCUT2D eigenvalue weighted by atomic mass is 9.95. The first-order valence-corrected chi connectivity index (χ1v) is 8.64. The Bertz CT molecular complexity index is 890. The minimum absolute atomic E-state index is 0.0101. The van der Waals surface area contributed by atoms with Crippen LogP contribution in [0.25, 0.3) is 5.76 Å². The van der Waals surface area contributed by atoms with Gasteiger partial charge in [0.25, 0.3) is 11.7 Å². The molecule has 1 aliphatic rings. The van der Waals surface area contributed by atoms with E-state index >= 15 is 0 Å². The molecule has 0 saturated carbocycles. The van der Waals surface area contributed by atoms with E-state index in [9.17, 15) is 19.8 Å². The van der Waals surface area contributed by atoms with E-state index in [1.807, 2.05) is 0 Å². The van der Waals surface area contributed by atoms with Crippen molar-refractivity contribution in [2.24, 2.45) is 0 Å². The molecule has 2 aromatic carbocycles. The topological polar surface area (TPSA) is 87.1 Å². The van der Waals surface area contributed by atoms with E-state index in [1.165, 1.54) is 24.1 Å². The average Bonchev–Trinajstić information content (AvgIpc) is 2.91. The highest BCUT2D eigenvalue weighted by Crippen LogP contribution is 2.39. The largest absolute Gasteiger partial charge is 0.508 e. The predicted octanol–water partition coefficient (Wildman–Crippen LogP) is 3.11. The molecule has 27 heavy (non-hydrogen) atoms. The lowest BCUT2D eigenvalue weighted by Crippen LogP contribution is -2.32. The van der Waals surface area contributed by atoms with Crippen molar-refractivity contribution < 1.29 is 24.5 Å². The fraction of sp³-hybridized carbons (Fsp3) is 0.200. The maximum absolute atomic E-state index is 12.7. The molecular formula is C20H18ClNO5. The van der Waals surface area contributed by atoms with Crippen molar-refractivity contribution in [1.29, 1.82) is 0 Å². The van der Waals surface area contributed by atoms with Gasteiger partial charge in [0.2, 0.25) is 0 Å². The first-order chi connectivity index (χ1) is 12.9. The van der Waals surface area contributed by atoms with Crippen LogP contribution in [0.3, 0.4) is 0 Å². The van der Waals surface area contributed by atoms with E-state index in [0.29, 0.717) is 16.1 Å². The molecule has 1 fully saturated rings. The number of phenolic OH excluding ortho intramolecular Hbond substituents is 1. The van der Waals surface area contributed by atoms with E-state index in [-0.39, 0.29) is 30.2 Å². The van der Waals surface area contributed by atoms with E-state index in [4.69, 9.17) is 16.3 Å². The quantitative estimate of drug-likeness (QED) is 0.467. The summed E-state index contributed by atoms with van der Waals surface area (Å²) in [5.41, 5.74) is 0.968. The van der Waals surface area contributed by atoms with Gasteiger partial charge in [0.05, 0.1) is 18.2 Å². The van der Waals surface area contributed by atoms with Gasteiger partial charge in [0, 0.05) is 24.2 Å². The molecule has 1 aliphatic heterocycles. The van der Waals surface area contributed by atoms with Crippen LogP contribution in [0, 0.1) is 0 Å². The van der Waals surface area contributed by atoms with Gasteiger partial charge >= 0.3 is 0 Å². The highest BCUT2D eigenvalue weighted by Gasteiger charge is 2.45. The second-order valence-corrected chi connectivity index (χ2v) is 6.52. The van der Waals surface area contributed by atoms with Gasteiger partial charge in [-0.2, -0.15) is 0 Å². The molecule has 7 heteroatoms. The predicted molar refractivity (Wildman–Crippen MR) is 100 cm³/mol. The fourth-order valence-corrected chi connectivity index (χ4v) is 3.19. The van der Waals surface area contributed by atoms with E-state index < -0.39 is 17.7 Å². The molecule has 6 nitrogen and oxygen atoms in total. The van der Waals surface area contributed by atoms with Crippen molar-refractivity contribution in [3.05, 3.63) is 70.3 Å². The fourth-order valence-electron chi connectivity index (χ4n) is 3.07. The third-order valence-electron chi connectivity index (χ3n) is 4.40. The van der Waals surface area contributed by atoms with Crippen molar-refractivity contribution in [2.75, 3.05) is 20.3 Å². The van der Waals surface area contributed by atoms with E-state index in [1.54, 1.807) is 36.4 Å². The van der Waals surface area contributed by atoms with Gasteiger partial charge < -0.3 is 19.8 Å². The van der Waals surface area contributed by atoms with Crippen molar-refractivity contribution >= 4 is 29.1 Å². The van der Waals surface area contributed by atoms with Crippen molar-refractivity contribution in [2.45, 2.75) is 6.04 Å². The summed E-state index contributed by atoms with van der Waals surface area (Å²) in [5.74, 6) is -1.69. The number of hydrogen-bond acceptors (Lipinski definition) is 5. The summed E-state index contributed by atoms with van der Waals surface area (Å²) in [6, 6.07) is 11.7. The van der Waals surface area contributed by atoms with Crippen LogP contribution in [0.4, 0.5) is 0 Å². The Kier molecular flexibility index (Phi) is 5.48. The van der Waals surface area contributed by atoms with Crippen LogP contribution in [-0.4, -0.2) is 47.1 Å². The first kappa shape index (κ1) is 18.9. The third-order valence-corrected chi connectivity index (χ3v) is 4.65. The Morgan fingerprint density at radius 3 is 2.33 bits per heavy atom. The molecule has 2 N–H and O–H groups in total. The van der Waals surface area contributed by atoms with Gasteiger partial charge in [-0.1, -0.05) is 23.7 Å². The van der Waals surface area contributed by atoms with Gasteiger partial charge in [-0.05, 0) is 42.0 Å². The van der Waals surface area contributed by atoms with Gasteiger partial charge in [0.1, 0.15) is 11.5 Å². The Balaban J connectivity index is 2.14. The van der Waals surface area contributed by atoms with Gasteiger partial charge in [-0.15, -0.1) is 0 Å². The van der Waals surface area contributed by atoms with Crippen molar-refractivity contribution in [3.63, 3.8) is 0 Å². The number of aliphatic hydroxyl groups excluding tert-OH is 1. The number of ether oxygens (including phenoxy) is 1. The first-order valence-electron chi connectivity index (χ1n) is 8.26. The van der Waals surface area contributed by atoms with E-state index in [2.05, 4.69) is 0 Å². The second kappa shape index (κ2) is 7.82. The number of aromatic hydroxyl groups is 1. The average molecular weight is 388 g/mol. The second-order valence-electron chi connectivity index (χ2n) is 6.08. The van der Waals surface area contributed by atoms with Crippen LogP contribution in [0.1, 0.15) is 17.2 Å². The number of carbonyl (C=O) groups excluding carboxylic acids is 2. The molecule has 1 heterocycles. The van der Waals surface area contributed by atoms with Gasteiger partial charge in [-0.3, -0.25) is 9.59 Å². The Morgan fingerprint density at radius 2 is 1.74 bits per heavy atom.